The molecule has 0 aliphatic rings. The van der Waals surface area contributed by atoms with Crippen LogP contribution in [0.1, 0.15) is 13.8 Å². The summed E-state index contributed by atoms with van der Waals surface area (Å²) in [6, 6.07) is 0. The molecule has 0 aromatic heterocycles. The van der Waals surface area contributed by atoms with E-state index in [2.05, 4.69) is 13.1 Å². The van der Waals surface area contributed by atoms with E-state index in [1.165, 1.54) is 0 Å². The largest absolute Gasteiger partial charge is 0.412 e. The summed E-state index contributed by atoms with van der Waals surface area (Å²) >= 11 is 0. The van der Waals surface area contributed by atoms with Gasteiger partial charge in [0, 0.05) is 13.2 Å². The highest BCUT2D eigenvalue weighted by Crippen LogP contribution is 2.04. The van der Waals surface area contributed by atoms with Crippen LogP contribution >= 0.6 is 0 Å². The lowest BCUT2D eigenvalue weighted by molar-refractivity contribution is 0.196. The fourth-order valence-corrected chi connectivity index (χ4v) is 2.21. The van der Waals surface area contributed by atoms with Gasteiger partial charge in [-0.1, -0.05) is 0 Å². The zero-order chi connectivity index (χ0) is 7.33. The van der Waals surface area contributed by atoms with Gasteiger partial charge in [0.05, 0.1) is 0 Å². The summed E-state index contributed by atoms with van der Waals surface area (Å²) in [5, 5.41) is 0. The molecule has 0 saturated heterocycles. The molecule has 0 bridgehead atoms. The first-order chi connectivity index (χ1) is 4.12. The third-order valence-electron chi connectivity index (χ3n) is 0.984. The third kappa shape index (κ3) is 6.22. The van der Waals surface area contributed by atoms with E-state index in [4.69, 9.17) is 8.85 Å². The van der Waals surface area contributed by atoms with Crippen molar-refractivity contribution in [2.45, 2.75) is 26.9 Å². The second-order valence-corrected chi connectivity index (χ2v) is 5.64. The lowest BCUT2D eigenvalue weighted by atomic mass is 10.9. The Hall–Kier alpha value is 0.0969. The van der Waals surface area contributed by atoms with Crippen LogP contribution in [0.3, 0.4) is 0 Å². The summed E-state index contributed by atoms with van der Waals surface area (Å²) in [7, 11) is -1.70. The van der Waals surface area contributed by atoms with Crippen molar-refractivity contribution in [2.24, 2.45) is 0 Å². The van der Waals surface area contributed by atoms with E-state index in [1.54, 1.807) is 0 Å². The highest BCUT2D eigenvalue weighted by atomic mass is 28.4. The lowest BCUT2D eigenvalue weighted by Crippen LogP contribution is -2.34. The molecule has 0 rings (SSSR count). The Kier molecular flexibility index (Phi) is 7.46. The SMILES string of the molecule is CCO[Si](C)(C)OCC.O. The Morgan fingerprint density at radius 3 is 1.50 bits per heavy atom. The van der Waals surface area contributed by atoms with Gasteiger partial charge in [0.15, 0.2) is 0 Å². The summed E-state index contributed by atoms with van der Waals surface area (Å²) < 4.78 is 10.8. The molecule has 0 radical (unpaired) electrons. The molecular weight excluding hydrogens is 148 g/mol. The topological polar surface area (TPSA) is 50.0 Å². The van der Waals surface area contributed by atoms with E-state index in [0.29, 0.717) is 0 Å². The quantitative estimate of drug-likeness (QED) is 0.583. The van der Waals surface area contributed by atoms with Crippen molar-refractivity contribution in [1.82, 2.24) is 0 Å². The van der Waals surface area contributed by atoms with Crippen molar-refractivity contribution < 1.29 is 14.3 Å². The number of rotatable bonds is 4. The smallest absolute Gasteiger partial charge is 0.331 e. The average Bonchev–Trinajstić information content (AvgIpc) is 1.64. The van der Waals surface area contributed by atoms with Crippen LogP contribution in [0.2, 0.25) is 13.1 Å². The van der Waals surface area contributed by atoms with Crippen LogP contribution in [0.4, 0.5) is 0 Å². The Morgan fingerprint density at radius 2 is 1.30 bits per heavy atom. The lowest BCUT2D eigenvalue weighted by Gasteiger charge is -2.20. The van der Waals surface area contributed by atoms with Crippen LogP contribution in [0.5, 0.6) is 0 Å². The first-order valence-corrected chi connectivity index (χ1v) is 6.22. The molecule has 0 unspecified atom stereocenters. The zero-order valence-electron chi connectivity index (χ0n) is 7.23. The van der Waals surface area contributed by atoms with Gasteiger partial charge in [-0.05, 0) is 26.9 Å². The van der Waals surface area contributed by atoms with Crippen molar-refractivity contribution >= 4 is 8.56 Å². The van der Waals surface area contributed by atoms with Gasteiger partial charge in [0.2, 0.25) is 0 Å². The summed E-state index contributed by atoms with van der Waals surface area (Å²) in [6.07, 6.45) is 0. The van der Waals surface area contributed by atoms with Crippen LogP contribution < -0.4 is 0 Å². The predicted molar refractivity (Wildman–Crippen MR) is 44.3 cm³/mol. The molecule has 0 saturated carbocycles. The standard InChI is InChI=1S/C6H16O2Si.H2O/c1-5-7-9(3,4)8-6-2;/h5-6H2,1-4H3;1H2. The van der Waals surface area contributed by atoms with Crippen LogP contribution in [0, 0.1) is 0 Å². The summed E-state index contributed by atoms with van der Waals surface area (Å²) in [5.41, 5.74) is 0. The first-order valence-electron chi connectivity index (χ1n) is 3.40. The van der Waals surface area contributed by atoms with Gasteiger partial charge in [0.25, 0.3) is 0 Å². The molecule has 0 aromatic rings. The maximum atomic E-state index is 5.39. The molecule has 64 valence electrons. The molecule has 10 heavy (non-hydrogen) atoms. The Balaban J connectivity index is 0. The number of hydrogen-bond donors (Lipinski definition) is 0. The van der Waals surface area contributed by atoms with E-state index in [9.17, 15) is 0 Å². The molecule has 0 aliphatic carbocycles. The Morgan fingerprint density at radius 1 is 1.00 bits per heavy atom. The van der Waals surface area contributed by atoms with Crippen molar-refractivity contribution in [2.75, 3.05) is 13.2 Å². The zero-order valence-corrected chi connectivity index (χ0v) is 8.23. The van der Waals surface area contributed by atoms with Gasteiger partial charge in [-0.25, -0.2) is 0 Å². The van der Waals surface area contributed by atoms with Crippen LogP contribution in [-0.4, -0.2) is 27.3 Å². The molecule has 0 amide bonds. The van der Waals surface area contributed by atoms with Crippen molar-refractivity contribution in [1.29, 1.82) is 0 Å². The van der Waals surface area contributed by atoms with Crippen molar-refractivity contribution in [3.05, 3.63) is 0 Å². The minimum absolute atomic E-state index is 0. The molecular formula is C6H18O3Si. The monoisotopic (exact) mass is 166 g/mol. The maximum Gasteiger partial charge on any atom is 0.331 e. The van der Waals surface area contributed by atoms with Crippen LogP contribution in [0.15, 0.2) is 0 Å². The molecule has 2 N–H and O–H groups in total. The predicted octanol–water partition coefficient (Wildman–Crippen LogP) is 0.936. The van der Waals surface area contributed by atoms with E-state index in [-0.39, 0.29) is 5.48 Å². The van der Waals surface area contributed by atoms with E-state index in [0.717, 1.165) is 13.2 Å². The van der Waals surface area contributed by atoms with E-state index >= 15 is 0 Å². The normalized spacial score (nSPS) is 10.8. The summed E-state index contributed by atoms with van der Waals surface area (Å²) in [4.78, 5) is 0. The molecule has 0 spiro atoms. The minimum atomic E-state index is -1.70. The van der Waals surface area contributed by atoms with Crippen LogP contribution in [-0.2, 0) is 8.85 Å². The van der Waals surface area contributed by atoms with Gasteiger partial charge in [0.1, 0.15) is 0 Å². The second-order valence-electron chi connectivity index (χ2n) is 2.27. The first kappa shape index (κ1) is 12.7. The molecule has 0 heterocycles. The maximum absolute atomic E-state index is 5.39. The molecule has 3 nitrogen and oxygen atoms in total. The van der Waals surface area contributed by atoms with Crippen molar-refractivity contribution in [3.8, 4) is 0 Å². The molecule has 0 atom stereocenters. The summed E-state index contributed by atoms with van der Waals surface area (Å²) in [5.74, 6) is 0. The molecule has 4 heteroatoms. The minimum Gasteiger partial charge on any atom is -0.412 e. The fraction of sp³-hybridized carbons (Fsp3) is 1.00. The summed E-state index contributed by atoms with van der Waals surface area (Å²) in [6.45, 7) is 9.62. The van der Waals surface area contributed by atoms with Crippen molar-refractivity contribution in [3.63, 3.8) is 0 Å². The van der Waals surface area contributed by atoms with Crippen LogP contribution in [0.25, 0.3) is 0 Å². The Labute approximate surface area is 63.9 Å². The van der Waals surface area contributed by atoms with Gasteiger partial charge >= 0.3 is 8.56 Å². The molecule has 0 aliphatic heterocycles. The molecule has 0 fully saturated rings. The van der Waals surface area contributed by atoms with E-state index in [1.807, 2.05) is 13.8 Å². The molecule has 0 aromatic carbocycles. The Bertz CT molecular complexity index is 67.4. The fourth-order valence-electron chi connectivity index (χ4n) is 0.737. The van der Waals surface area contributed by atoms with Gasteiger partial charge < -0.3 is 14.3 Å². The van der Waals surface area contributed by atoms with Gasteiger partial charge in [-0.15, -0.1) is 0 Å². The number of hydrogen-bond acceptors (Lipinski definition) is 2. The van der Waals surface area contributed by atoms with Gasteiger partial charge in [-0.3, -0.25) is 0 Å². The average molecular weight is 166 g/mol. The third-order valence-corrected chi connectivity index (χ3v) is 2.95. The highest BCUT2D eigenvalue weighted by Gasteiger charge is 2.22. The van der Waals surface area contributed by atoms with E-state index < -0.39 is 8.56 Å². The van der Waals surface area contributed by atoms with Gasteiger partial charge in [-0.2, -0.15) is 0 Å². The second kappa shape index (κ2) is 5.85. The highest BCUT2D eigenvalue weighted by molar-refractivity contribution is 6.64.